The molecule has 0 atom stereocenters. The molecule has 0 saturated heterocycles. The van der Waals surface area contributed by atoms with E-state index in [1.165, 1.54) is 5.56 Å². The summed E-state index contributed by atoms with van der Waals surface area (Å²) in [6.07, 6.45) is 6.38. The van der Waals surface area contributed by atoms with Gasteiger partial charge in [-0.15, -0.1) is 0 Å². The van der Waals surface area contributed by atoms with E-state index in [0.717, 1.165) is 44.2 Å². The number of hydrogen-bond acceptors (Lipinski definition) is 4. The van der Waals surface area contributed by atoms with E-state index in [-0.39, 0.29) is 5.91 Å². The summed E-state index contributed by atoms with van der Waals surface area (Å²) in [6, 6.07) is 8.02. The van der Waals surface area contributed by atoms with E-state index in [2.05, 4.69) is 24.9 Å². The lowest BCUT2D eigenvalue weighted by molar-refractivity contribution is -0.118. The van der Waals surface area contributed by atoms with E-state index in [4.69, 9.17) is 4.98 Å². The average Bonchev–Trinajstić information content (AvgIpc) is 3.40. The number of nitrogens with zero attached hydrogens (tertiary/aromatic N) is 4. The molecule has 3 aromatic rings. The number of unbranched alkanes of at least 4 members (excludes halogenated alkanes) is 3. The third-order valence-electron chi connectivity index (χ3n) is 6.44. The van der Waals surface area contributed by atoms with Gasteiger partial charge in [0.2, 0.25) is 5.91 Å². The predicted octanol–water partition coefficient (Wildman–Crippen LogP) is 3.40. The van der Waals surface area contributed by atoms with Gasteiger partial charge in [0, 0.05) is 38.2 Å². The fourth-order valence-corrected chi connectivity index (χ4v) is 4.64. The van der Waals surface area contributed by atoms with Crippen LogP contribution in [-0.4, -0.2) is 31.6 Å². The number of anilines is 1. The molecule has 0 radical (unpaired) electrons. The van der Waals surface area contributed by atoms with Gasteiger partial charge in [0.25, 0.3) is 5.56 Å². The van der Waals surface area contributed by atoms with Gasteiger partial charge in [-0.2, -0.15) is 0 Å². The standard InChI is InChI=1S/C25H33N5O3/c1-3-5-9-16-29-20(12-13-21(31)28-17-14-18-10-7-8-11-19(18)28)26-23-22(29)24(32)27-25(33)30(23)15-6-4-2/h7-8,10-11H,3-6,9,12-17H2,1-2H3,(H,27,32,33). The van der Waals surface area contributed by atoms with Gasteiger partial charge in [-0.1, -0.05) is 51.3 Å². The number of carbonyl (C=O) groups is 1. The largest absolute Gasteiger partial charge is 0.330 e. The van der Waals surface area contributed by atoms with E-state index in [1.807, 2.05) is 27.7 Å². The molecular weight excluding hydrogens is 418 g/mol. The topological polar surface area (TPSA) is 93.0 Å². The second-order valence-electron chi connectivity index (χ2n) is 8.75. The quantitative estimate of drug-likeness (QED) is 0.478. The highest BCUT2D eigenvalue weighted by molar-refractivity contribution is 5.95. The Bertz CT molecular complexity index is 1250. The normalized spacial score (nSPS) is 13.1. The maximum atomic E-state index is 13.1. The SMILES string of the molecule is CCCCCn1c(CCC(=O)N2CCc3ccccc32)nc2c1c(=O)[nH]c(=O)n2CCCC. The lowest BCUT2D eigenvalue weighted by Gasteiger charge is -2.17. The van der Waals surface area contributed by atoms with Gasteiger partial charge < -0.3 is 9.47 Å². The lowest BCUT2D eigenvalue weighted by Crippen LogP contribution is -2.31. The van der Waals surface area contributed by atoms with Gasteiger partial charge in [-0.25, -0.2) is 9.78 Å². The smallest absolute Gasteiger partial charge is 0.322 e. The third-order valence-corrected chi connectivity index (χ3v) is 6.44. The summed E-state index contributed by atoms with van der Waals surface area (Å²) < 4.78 is 3.50. The van der Waals surface area contributed by atoms with Crippen molar-refractivity contribution < 1.29 is 4.79 Å². The van der Waals surface area contributed by atoms with Crippen LogP contribution < -0.4 is 16.1 Å². The van der Waals surface area contributed by atoms with Crippen LogP contribution in [0.25, 0.3) is 11.2 Å². The van der Waals surface area contributed by atoms with Crippen LogP contribution in [0.4, 0.5) is 5.69 Å². The van der Waals surface area contributed by atoms with Crippen LogP contribution in [-0.2, 0) is 30.7 Å². The van der Waals surface area contributed by atoms with Crippen molar-refractivity contribution in [2.24, 2.45) is 0 Å². The lowest BCUT2D eigenvalue weighted by atomic mass is 10.2. The third kappa shape index (κ3) is 4.65. The minimum atomic E-state index is -0.421. The Labute approximate surface area is 193 Å². The number of benzene rings is 1. The number of aromatic amines is 1. The minimum absolute atomic E-state index is 0.0596. The summed E-state index contributed by atoms with van der Waals surface area (Å²) in [4.78, 5) is 47.4. The number of nitrogens with one attached hydrogen (secondary N) is 1. The zero-order chi connectivity index (χ0) is 23.4. The molecule has 0 fully saturated rings. The van der Waals surface area contributed by atoms with Crippen LogP contribution in [0.15, 0.2) is 33.9 Å². The maximum Gasteiger partial charge on any atom is 0.330 e. The Balaban J connectivity index is 1.65. The first kappa shape index (κ1) is 23.0. The summed E-state index contributed by atoms with van der Waals surface area (Å²) >= 11 is 0. The summed E-state index contributed by atoms with van der Waals surface area (Å²) in [6.45, 7) is 6.05. The van der Waals surface area contributed by atoms with Crippen LogP contribution in [0, 0.1) is 0 Å². The number of rotatable bonds is 10. The molecule has 4 rings (SSSR count). The molecule has 1 aliphatic rings. The fourth-order valence-electron chi connectivity index (χ4n) is 4.64. The number of para-hydroxylation sites is 1. The van der Waals surface area contributed by atoms with E-state index >= 15 is 0 Å². The van der Waals surface area contributed by atoms with Gasteiger partial charge in [0.05, 0.1) is 0 Å². The van der Waals surface area contributed by atoms with Crippen molar-refractivity contribution in [2.45, 2.75) is 78.3 Å². The minimum Gasteiger partial charge on any atom is -0.322 e. The van der Waals surface area contributed by atoms with Crippen molar-refractivity contribution in [3.63, 3.8) is 0 Å². The Morgan fingerprint density at radius 1 is 1.03 bits per heavy atom. The number of fused-ring (bicyclic) bond motifs is 2. The molecule has 1 amide bonds. The van der Waals surface area contributed by atoms with E-state index < -0.39 is 11.2 Å². The molecule has 0 aliphatic carbocycles. The highest BCUT2D eigenvalue weighted by atomic mass is 16.2. The summed E-state index contributed by atoms with van der Waals surface area (Å²) in [5.74, 6) is 0.757. The molecule has 1 aromatic carbocycles. The van der Waals surface area contributed by atoms with E-state index in [0.29, 0.717) is 49.5 Å². The molecule has 33 heavy (non-hydrogen) atoms. The highest BCUT2D eigenvalue weighted by Gasteiger charge is 2.25. The first-order valence-electron chi connectivity index (χ1n) is 12.2. The van der Waals surface area contributed by atoms with Crippen molar-refractivity contribution in [1.29, 1.82) is 0 Å². The molecule has 3 heterocycles. The molecule has 2 aromatic heterocycles. The highest BCUT2D eigenvalue weighted by Crippen LogP contribution is 2.28. The van der Waals surface area contributed by atoms with Crippen LogP contribution in [0.5, 0.6) is 0 Å². The van der Waals surface area contributed by atoms with E-state index in [9.17, 15) is 14.4 Å². The van der Waals surface area contributed by atoms with Crippen LogP contribution in [0.2, 0.25) is 0 Å². The molecule has 176 valence electrons. The number of H-pyrrole nitrogens is 1. The molecule has 0 saturated carbocycles. The van der Waals surface area contributed by atoms with Crippen LogP contribution in [0.1, 0.15) is 63.8 Å². The van der Waals surface area contributed by atoms with Gasteiger partial charge in [0.1, 0.15) is 5.82 Å². The Morgan fingerprint density at radius 3 is 2.58 bits per heavy atom. The zero-order valence-electron chi connectivity index (χ0n) is 19.6. The molecule has 0 spiro atoms. The zero-order valence-corrected chi connectivity index (χ0v) is 19.6. The van der Waals surface area contributed by atoms with Crippen molar-refractivity contribution >= 4 is 22.8 Å². The Hall–Kier alpha value is -3.16. The second kappa shape index (κ2) is 10.2. The first-order chi connectivity index (χ1) is 16.0. The number of aromatic nitrogens is 4. The monoisotopic (exact) mass is 451 g/mol. The van der Waals surface area contributed by atoms with Crippen molar-refractivity contribution in [3.05, 3.63) is 56.5 Å². The molecular formula is C25H33N5O3. The van der Waals surface area contributed by atoms with Crippen molar-refractivity contribution in [3.8, 4) is 0 Å². The van der Waals surface area contributed by atoms with Gasteiger partial charge >= 0.3 is 5.69 Å². The molecule has 1 aliphatic heterocycles. The molecule has 8 heteroatoms. The second-order valence-corrected chi connectivity index (χ2v) is 8.75. The fraction of sp³-hybridized carbons (Fsp3) is 0.520. The molecule has 0 bridgehead atoms. The van der Waals surface area contributed by atoms with Gasteiger partial charge in [-0.3, -0.25) is 19.1 Å². The van der Waals surface area contributed by atoms with E-state index in [1.54, 1.807) is 4.57 Å². The Kier molecular flexibility index (Phi) is 7.11. The summed E-state index contributed by atoms with van der Waals surface area (Å²) in [7, 11) is 0. The number of amides is 1. The van der Waals surface area contributed by atoms with Crippen molar-refractivity contribution in [2.75, 3.05) is 11.4 Å². The predicted molar refractivity (Wildman–Crippen MR) is 130 cm³/mol. The van der Waals surface area contributed by atoms with Gasteiger partial charge in [0.15, 0.2) is 11.2 Å². The number of carbonyl (C=O) groups excluding carboxylic acids is 1. The Morgan fingerprint density at radius 2 is 1.79 bits per heavy atom. The molecule has 0 unspecified atom stereocenters. The van der Waals surface area contributed by atoms with Crippen molar-refractivity contribution in [1.82, 2.24) is 19.1 Å². The average molecular weight is 452 g/mol. The number of aryl methyl sites for hydroxylation is 3. The van der Waals surface area contributed by atoms with Gasteiger partial charge in [-0.05, 0) is 30.9 Å². The number of hydrogen-bond donors (Lipinski definition) is 1. The summed E-state index contributed by atoms with van der Waals surface area (Å²) in [5, 5.41) is 0. The molecule has 1 N–H and O–H groups in total. The number of imidazole rings is 1. The van der Waals surface area contributed by atoms with Crippen LogP contribution in [0.3, 0.4) is 0 Å². The molecule has 8 nitrogen and oxygen atoms in total. The first-order valence-corrected chi connectivity index (χ1v) is 12.2. The maximum absolute atomic E-state index is 13.1. The van der Waals surface area contributed by atoms with Crippen LogP contribution >= 0.6 is 0 Å². The summed E-state index contributed by atoms with van der Waals surface area (Å²) in [5.41, 5.74) is 2.24.